The van der Waals surface area contributed by atoms with Crippen LogP contribution in [0.1, 0.15) is 69.4 Å². The average molecular weight is 476 g/mol. The van der Waals surface area contributed by atoms with Crippen LogP contribution in [0.4, 0.5) is 0 Å². The first-order valence-electron chi connectivity index (χ1n) is 14.1. The zero-order chi connectivity index (χ0) is 23.5. The number of fused-ring (bicyclic) bond motifs is 6. The monoisotopic (exact) mass is 475 g/mol. The summed E-state index contributed by atoms with van der Waals surface area (Å²) in [5.74, 6) is 2.88. The van der Waals surface area contributed by atoms with Gasteiger partial charge in [0.25, 0.3) is 0 Å². The van der Waals surface area contributed by atoms with E-state index in [1.165, 1.54) is 19.3 Å². The van der Waals surface area contributed by atoms with E-state index in [0.717, 1.165) is 74.8 Å². The molecule has 0 radical (unpaired) electrons. The number of benzene rings is 1. The van der Waals surface area contributed by atoms with Gasteiger partial charge in [0.15, 0.2) is 5.58 Å². The van der Waals surface area contributed by atoms with Gasteiger partial charge in [-0.2, -0.15) is 0 Å². The number of amides is 2. The summed E-state index contributed by atoms with van der Waals surface area (Å²) in [5.41, 5.74) is 2.01. The normalized spacial score (nSPS) is 35.9. The lowest BCUT2D eigenvalue weighted by atomic mass is 9.78. The molecular weight excluding hydrogens is 438 g/mol. The fraction of sp³-hybridized carbons (Fsp3) is 0.690. The fourth-order valence-electron chi connectivity index (χ4n) is 8.57. The van der Waals surface area contributed by atoms with Crippen molar-refractivity contribution in [3.05, 3.63) is 30.0 Å². The second-order valence-corrected chi connectivity index (χ2v) is 12.1. The Morgan fingerprint density at radius 3 is 2.20 bits per heavy atom. The molecule has 2 amide bonds. The van der Waals surface area contributed by atoms with Gasteiger partial charge < -0.3 is 9.42 Å². The van der Waals surface area contributed by atoms with Crippen LogP contribution in [0.15, 0.2) is 28.8 Å². The maximum atomic E-state index is 13.3. The van der Waals surface area contributed by atoms with E-state index in [1.807, 2.05) is 12.1 Å². The predicted molar refractivity (Wildman–Crippen MR) is 132 cm³/mol. The van der Waals surface area contributed by atoms with Crippen molar-refractivity contribution in [3.63, 3.8) is 0 Å². The Hall–Kier alpha value is -2.21. The minimum Gasteiger partial charge on any atom is -0.356 e. The van der Waals surface area contributed by atoms with Crippen LogP contribution in [0, 0.1) is 35.5 Å². The molecule has 2 aliphatic heterocycles. The molecule has 3 aliphatic carbocycles. The lowest BCUT2D eigenvalue weighted by Gasteiger charge is -2.39. The number of rotatable bonds is 5. The number of carbonyl (C=O) groups is 2. The minimum absolute atomic E-state index is 0.0231. The van der Waals surface area contributed by atoms with Crippen molar-refractivity contribution >= 4 is 22.8 Å². The Labute approximate surface area is 207 Å². The number of carbonyl (C=O) groups excluding carboxylic acids is 2. The van der Waals surface area contributed by atoms with Gasteiger partial charge in [-0.05, 0) is 93.8 Å². The van der Waals surface area contributed by atoms with E-state index in [4.69, 9.17) is 4.52 Å². The molecular formula is C29H37N3O3. The number of hydrogen-bond acceptors (Lipinski definition) is 5. The van der Waals surface area contributed by atoms with E-state index >= 15 is 0 Å². The summed E-state index contributed by atoms with van der Waals surface area (Å²) in [6.45, 7) is 3.95. The van der Waals surface area contributed by atoms with Gasteiger partial charge in [-0.3, -0.25) is 14.5 Å². The molecule has 7 rings (SSSR count). The molecule has 2 saturated heterocycles. The number of hydrogen-bond donors (Lipinski definition) is 0. The SMILES string of the molecule is O=C1C2C3CCC(C3)C2C(=O)N1CC1CCCCC1CN1CCC(c2noc3ccccc23)CC1. The van der Waals surface area contributed by atoms with Crippen molar-refractivity contribution in [1.29, 1.82) is 0 Å². The number of imide groups is 1. The fourth-order valence-corrected chi connectivity index (χ4v) is 8.57. The molecule has 186 valence electrons. The van der Waals surface area contributed by atoms with Crippen molar-refractivity contribution in [3.8, 4) is 0 Å². The second kappa shape index (κ2) is 8.72. The van der Waals surface area contributed by atoms with Gasteiger partial charge in [0.2, 0.25) is 11.8 Å². The van der Waals surface area contributed by atoms with Crippen molar-refractivity contribution in [2.45, 2.75) is 63.7 Å². The number of piperidine rings is 1. The molecule has 0 N–H and O–H groups in total. The molecule has 1 aromatic carbocycles. The van der Waals surface area contributed by atoms with Crippen molar-refractivity contribution in [2.75, 3.05) is 26.2 Å². The Bertz CT molecular complexity index is 1090. The maximum Gasteiger partial charge on any atom is 0.233 e. The summed E-state index contributed by atoms with van der Waals surface area (Å²) < 4.78 is 5.57. The number of para-hydroxylation sites is 1. The van der Waals surface area contributed by atoms with E-state index in [-0.39, 0.29) is 23.7 Å². The highest BCUT2D eigenvalue weighted by Crippen LogP contribution is 2.56. The first-order chi connectivity index (χ1) is 17.2. The molecule has 3 saturated carbocycles. The summed E-state index contributed by atoms with van der Waals surface area (Å²) in [6.07, 6.45) is 10.6. The molecule has 6 heteroatoms. The standard InChI is InChI=1S/C29H37N3O3/c33-28-25-19-9-10-20(15-19)26(25)29(34)32(28)17-22-6-2-1-5-21(22)16-31-13-11-18(12-14-31)27-23-7-3-4-8-24(23)35-30-27/h3-4,7-8,18-22,25-26H,1-2,5-6,9-17H2. The molecule has 5 fully saturated rings. The van der Waals surface area contributed by atoms with Gasteiger partial charge in [-0.25, -0.2) is 0 Å². The van der Waals surface area contributed by atoms with Gasteiger partial charge in [-0.15, -0.1) is 0 Å². The highest BCUT2D eigenvalue weighted by atomic mass is 16.5. The third kappa shape index (κ3) is 3.66. The van der Waals surface area contributed by atoms with E-state index in [2.05, 4.69) is 22.2 Å². The zero-order valence-electron chi connectivity index (χ0n) is 20.6. The van der Waals surface area contributed by atoms with Crippen molar-refractivity contribution in [2.24, 2.45) is 35.5 Å². The van der Waals surface area contributed by atoms with Crippen LogP contribution in [0.3, 0.4) is 0 Å². The lowest BCUT2D eigenvalue weighted by Crippen LogP contribution is -2.44. The zero-order valence-corrected chi connectivity index (χ0v) is 20.6. The largest absolute Gasteiger partial charge is 0.356 e. The highest BCUT2D eigenvalue weighted by molar-refractivity contribution is 6.06. The molecule has 35 heavy (non-hydrogen) atoms. The molecule has 1 aromatic heterocycles. The smallest absolute Gasteiger partial charge is 0.233 e. The van der Waals surface area contributed by atoms with Gasteiger partial charge in [0, 0.05) is 24.4 Å². The Kier molecular flexibility index (Phi) is 5.49. The van der Waals surface area contributed by atoms with Gasteiger partial charge in [0.1, 0.15) is 0 Å². The predicted octanol–water partition coefficient (Wildman–Crippen LogP) is 4.84. The van der Waals surface area contributed by atoms with Crippen LogP contribution >= 0.6 is 0 Å². The summed E-state index contributed by atoms with van der Waals surface area (Å²) in [7, 11) is 0. The highest BCUT2D eigenvalue weighted by Gasteiger charge is 2.61. The topological polar surface area (TPSA) is 66.7 Å². The van der Waals surface area contributed by atoms with Crippen LogP contribution in [-0.4, -0.2) is 52.9 Å². The first kappa shape index (κ1) is 22.0. The summed E-state index contributed by atoms with van der Waals surface area (Å²) in [4.78, 5) is 30.9. The Morgan fingerprint density at radius 1 is 0.829 bits per heavy atom. The van der Waals surface area contributed by atoms with Gasteiger partial charge >= 0.3 is 0 Å². The van der Waals surface area contributed by atoms with Crippen molar-refractivity contribution < 1.29 is 14.1 Å². The Balaban J connectivity index is 0.986. The van der Waals surface area contributed by atoms with Gasteiger partial charge in [-0.1, -0.05) is 30.1 Å². The third-order valence-electron chi connectivity index (χ3n) is 10.4. The summed E-state index contributed by atoms with van der Waals surface area (Å²) >= 11 is 0. The molecule has 2 aromatic rings. The van der Waals surface area contributed by atoms with Crippen LogP contribution in [0.5, 0.6) is 0 Å². The van der Waals surface area contributed by atoms with E-state index in [0.29, 0.717) is 36.1 Å². The van der Waals surface area contributed by atoms with E-state index < -0.39 is 0 Å². The number of nitrogens with zero attached hydrogens (tertiary/aromatic N) is 3. The third-order valence-corrected chi connectivity index (χ3v) is 10.4. The van der Waals surface area contributed by atoms with Crippen LogP contribution < -0.4 is 0 Å². The Morgan fingerprint density at radius 2 is 1.49 bits per heavy atom. The molecule has 6 atom stereocenters. The first-order valence-corrected chi connectivity index (χ1v) is 14.1. The van der Waals surface area contributed by atoms with Gasteiger partial charge in [0.05, 0.1) is 17.5 Å². The van der Waals surface area contributed by atoms with Crippen LogP contribution in [0.2, 0.25) is 0 Å². The quantitative estimate of drug-likeness (QED) is 0.579. The molecule has 2 bridgehead atoms. The molecule has 0 spiro atoms. The molecule has 6 nitrogen and oxygen atoms in total. The van der Waals surface area contributed by atoms with E-state index in [1.54, 1.807) is 4.90 Å². The van der Waals surface area contributed by atoms with E-state index in [9.17, 15) is 9.59 Å². The second-order valence-electron chi connectivity index (χ2n) is 12.1. The minimum atomic E-state index is 0.0231. The lowest BCUT2D eigenvalue weighted by molar-refractivity contribution is -0.142. The van der Waals surface area contributed by atoms with Crippen LogP contribution in [-0.2, 0) is 9.59 Å². The van der Waals surface area contributed by atoms with Crippen LogP contribution in [0.25, 0.3) is 11.0 Å². The number of aromatic nitrogens is 1. The summed E-state index contributed by atoms with van der Waals surface area (Å²) in [5, 5.41) is 5.58. The molecule has 3 heterocycles. The summed E-state index contributed by atoms with van der Waals surface area (Å²) in [6, 6.07) is 8.19. The molecule has 6 unspecified atom stereocenters. The maximum absolute atomic E-state index is 13.3. The average Bonchev–Trinajstić information content (AvgIpc) is 3.66. The van der Waals surface area contributed by atoms with Crippen molar-refractivity contribution in [1.82, 2.24) is 15.0 Å². The molecule has 5 aliphatic rings. The number of likely N-dealkylation sites (tertiary alicyclic amines) is 2.